The van der Waals surface area contributed by atoms with Crippen molar-refractivity contribution in [1.29, 1.82) is 0 Å². The van der Waals surface area contributed by atoms with Crippen LogP contribution in [0.1, 0.15) is 28.9 Å². The number of amides is 1. The first-order chi connectivity index (χ1) is 12.5. The molecule has 2 N–H and O–H groups in total. The lowest BCUT2D eigenvalue weighted by Gasteiger charge is -2.11. The quantitative estimate of drug-likeness (QED) is 0.742. The standard InChI is InChI=1S/C17H20N4O4S/c22-17(19-11-15-4-2-8-25-15)13-3-1-5-16(9-13)26(23,24)21-10-14-6-7-18-12-20-14/h1,3,5-7,9,12,15,21H,2,4,8,10-11H2,(H,19,22)/t15-/m1/s1. The zero-order chi connectivity index (χ0) is 18.4. The monoisotopic (exact) mass is 376 g/mol. The Morgan fingerprint density at radius 2 is 2.19 bits per heavy atom. The summed E-state index contributed by atoms with van der Waals surface area (Å²) < 4.78 is 32.8. The van der Waals surface area contributed by atoms with Gasteiger partial charge in [-0.2, -0.15) is 0 Å². The highest BCUT2D eigenvalue weighted by atomic mass is 32.2. The largest absolute Gasteiger partial charge is 0.376 e. The van der Waals surface area contributed by atoms with E-state index >= 15 is 0 Å². The van der Waals surface area contributed by atoms with Gasteiger partial charge in [-0.1, -0.05) is 6.07 Å². The van der Waals surface area contributed by atoms with E-state index in [2.05, 4.69) is 20.0 Å². The Hall–Kier alpha value is -2.36. The molecule has 1 aliphatic rings. The third kappa shape index (κ3) is 4.84. The molecule has 1 aromatic carbocycles. The molecule has 8 nitrogen and oxygen atoms in total. The van der Waals surface area contributed by atoms with Crippen LogP contribution in [0.15, 0.2) is 47.8 Å². The summed E-state index contributed by atoms with van der Waals surface area (Å²) in [6.45, 7) is 1.17. The number of carbonyl (C=O) groups excluding carboxylic acids is 1. The van der Waals surface area contributed by atoms with Gasteiger partial charge in [0.25, 0.3) is 5.91 Å². The fraction of sp³-hybridized carbons (Fsp3) is 0.353. The summed E-state index contributed by atoms with van der Waals surface area (Å²) in [4.78, 5) is 20.0. The number of benzene rings is 1. The third-order valence-electron chi connectivity index (χ3n) is 4.01. The van der Waals surface area contributed by atoms with Crippen molar-refractivity contribution < 1.29 is 17.9 Å². The molecule has 1 aliphatic heterocycles. The van der Waals surface area contributed by atoms with E-state index in [0.717, 1.165) is 12.8 Å². The first-order valence-electron chi connectivity index (χ1n) is 8.29. The SMILES string of the molecule is O=C(NC[C@H]1CCCO1)c1cccc(S(=O)(=O)NCc2ccncn2)c1. The molecule has 1 amide bonds. The first-order valence-corrected chi connectivity index (χ1v) is 9.77. The number of aromatic nitrogens is 2. The number of nitrogens with one attached hydrogen (secondary N) is 2. The minimum atomic E-state index is -3.76. The number of sulfonamides is 1. The Morgan fingerprint density at radius 3 is 2.92 bits per heavy atom. The predicted molar refractivity (Wildman–Crippen MR) is 93.8 cm³/mol. The maximum absolute atomic E-state index is 12.4. The Morgan fingerprint density at radius 1 is 1.31 bits per heavy atom. The molecule has 2 aromatic rings. The molecule has 0 aliphatic carbocycles. The highest BCUT2D eigenvalue weighted by molar-refractivity contribution is 7.89. The molecule has 26 heavy (non-hydrogen) atoms. The predicted octanol–water partition coefficient (Wildman–Crippen LogP) is 0.864. The van der Waals surface area contributed by atoms with Gasteiger partial charge in [0.15, 0.2) is 0 Å². The molecular formula is C17H20N4O4S. The lowest BCUT2D eigenvalue weighted by Crippen LogP contribution is -2.32. The van der Waals surface area contributed by atoms with E-state index in [1.807, 2.05) is 0 Å². The minimum absolute atomic E-state index is 0.0244. The van der Waals surface area contributed by atoms with Crippen LogP contribution in [-0.4, -0.2) is 43.5 Å². The molecule has 0 radical (unpaired) electrons. The molecule has 0 saturated carbocycles. The smallest absolute Gasteiger partial charge is 0.251 e. The molecule has 0 bridgehead atoms. The normalized spacial score (nSPS) is 17.2. The lowest BCUT2D eigenvalue weighted by atomic mass is 10.2. The van der Waals surface area contributed by atoms with Crippen LogP contribution in [0.2, 0.25) is 0 Å². The molecule has 9 heteroatoms. The van der Waals surface area contributed by atoms with Gasteiger partial charge in [-0.05, 0) is 37.1 Å². The molecule has 1 atom stereocenters. The minimum Gasteiger partial charge on any atom is -0.376 e. The van der Waals surface area contributed by atoms with Crippen molar-refractivity contribution in [3.05, 3.63) is 54.1 Å². The number of nitrogens with zero attached hydrogens (tertiary/aromatic N) is 2. The van der Waals surface area contributed by atoms with Crippen LogP contribution < -0.4 is 10.0 Å². The van der Waals surface area contributed by atoms with Gasteiger partial charge >= 0.3 is 0 Å². The second-order valence-corrected chi connectivity index (χ2v) is 7.67. The average Bonchev–Trinajstić information content (AvgIpc) is 3.19. The highest BCUT2D eigenvalue weighted by Gasteiger charge is 2.19. The molecular weight excluding hydrogens is 356 g/mol. The maximum Gasteiger partial charge on any atom is 0.251 e. The lowest BCUT2D eigenvalue weighted by molar-refractivity contribution is 0.0857. The van der Waals surface area contributed by atoms with Crippen molar-refractivity contribution in [2.24, 2.45) is 0 Å². The van der Waals surface area contributed by atoms with Crippen molar-refractivity contribution in [3.63, 3.8) is 0 Å². The van der Waals surface area contributed by atoms with E-state index < -0.39 is 10.0 Å². The average molecular weight is 376 g/mol. The molecule has 0 unspecified atom stereocenters. The Balaban J connectivity index is 1.64. The molecule has 1 aromatic heterocycles. The zero-order valence-corrected chi connectivity index (χ0v) is 14.9. The topological polar surface area (TPSA) is 110 Å². The maximum atomic E-state index is 12.4. The summed E-state index contributed by atoms with van der Waals surface area (Å²) in [5.74, 6) is -0.326. The van der Waals surface area contributed by atoms with E-state index in [0.29, 0.717) is 18.8 Å². The fourth-order valence-corrected chi connectivity index (χ4v) is 3.64. The van der Waals surface area contributed by atoms with Crippen LogP contribution >= 0.6 is 0 Å². The van der Waals surface area contributed by atoms with Crippen molar-refractivity contribution in [1.82, 2.24) is 20.0 Å². The van der Waals surface area contributed by atoms with Crippen molar-refractivity contribution in [2.45, 2.75) is 30.4 Å². The van der Waals surface area contributed by atoms with Crippen molar-refractivity contribution in [2.75, 3.05) is 13.2 Å². The Bertz CT molecular complexity index is 852. The number of carbonyl (C=O) groups is 1. The summed E-state index contributed by atoms with van der Waals surface area (Å²) >= 11 is 0. The van der Waals surface area contributed by atoms with Gasteiger partial charge in [0.1, 0.15) is 6.33 Å². The second kappa shape index (κ2) is 8.35. The third-order valence-corrected chi connectivity index (χ3v) is 5.41. The van der Waals surface area contributed by atoms with Crippen LogP contribution in [0.4, 0.5) is 0 Å². The number of hydrogen-bond acceptors (Lipinski definition) is 6. The van der Waals surface area contributed by atoms with E-state index in [4.69, 9.17) is 4.74 Å². The van der Waals surface area contributed by atoms with Gasteiger partial charge in [-0.3, -0.25) is 4.79 Å². The van der Waals surface area contributed by atoms with Crippen LogP contribution in [0.3, 0.4) is 0 Å². The fourth-order valence-electron chi connectivity index (χ4n) is 2.59. The van der Waals surface area contributed by atoms with Gasteiger partial charge in [0, 0.05) is 24.9 Å². The summed E-state index contributed by atoms with van der Waals surface area (Å²) in [5, 5.41) is 2.78. The van der Waals surface area contributed by atoms with E-state index in [1.165, 1.54) is 24.7 Å². The molecule has 138 valence electrons. The molecule has 2 heterocycles. The molecule has 1 fully saturated rings. The van der Waals surface area contributed by atoms with Crippen LogP contribution in [-0.2, 0) is 21.3 Å². The molecule has 3 rings (SSSR count). The van der Waals surface area contributed by atoms with E-state index in [9.17, 15) is 13.2 Å². The number of hydrogen-bond donors (Lipinski definition) is 2. The van der Waals surface area contributed by atoms with Gasteiger partial charge in [0.05, 0.1) is 23.2 Å². The summed E-state index contributed by atoms with van der Waals surface area (Å²) in [6, 6.07) is 7.54. The Kier molecular flexibility index (Phi) is 5.92. The van der Waals surface area contributed by atoms with Gasteiger partial charge in [0.2, 0.25) is 10.0 Å². The van der Waals surface area contributed by atoms with E-state index in [1.54, 1.807) is 18.2 Å². The van der Waals surface area contributed by atoms with E-state index in [-0.39, 0.29) is 29.0 Å². The van der Waals surface area contributed by atoms with Crippen molar-refractivity contribution >= 4 is 15.9 Å². The Labute approximate surface area is 152 Å². The highest BCUT2D eigenvalue weighted by Crippen LogP contribution is 2.13. The van der Waals surface area contributed by atoms with Gasteiger partial charge in [-0.25, -0.2) is 23.1 Å². The summed E-state index contributed by atoms with van der Waals surface area (Å²) in [5.41, 5.74) is 0.835. The zero-order valence-electron chi connectivity index (χ0n) is 14.1. The van der Waals surface area contributed by atoms with Crippen LogP contribution in [0.5, 0.6) is 0 Å². The number of ether oxygens (including phenoxy) is 1. The number of rotatable bonds is 7. The van der Waals surface area contributed by atoms with Crippen LogP contribution in [0.25, 0.3) is 0 Å². The first kappa shape index (κ1) is 18.4. The second-order valence-electron chi connectivity index (χ2n) is 5.90. The summed E-state index contributed by atoms with van der Waals surface area (Å²) in [6.07, 6.45) is 4.83. The van der Waals surface area contributed by atoms with Crippen LogP contribution in [0, 0.1) is 0 Å². The molecule has 0 spiro atoms. The van der Waals surface area contributed by atoms with Crippen molar-refractivity contribution in [3.8, 4) is 0 Å². The van der Waals surface area contributed by atoms with Gasteiger partial charge < -0.3 is 10.1 Å². The molecule has 1 saturated heterocycles. The summed E-state index contributed by atoms with van der Waals surface area (Å²) in [7, 11) is -3.76. The van der Waals surface area contributed by atoms with Gasteiger partial charge in [-0.15, -0.1) is 0 Å².